The molecular weight excluding hydrogens is 327 g/mol. The molecule has 2 heterocycles. The van der Waals surface area contributed by atoms with E-state index in [1.54, 1.807) is 12.1 Å². The molecule has 1 saturated heterocycles. The zero-order chi connectivity index (χ0) is 18.0. The zero-order valence-corrected chi connectivity index (χ0v) is 13.6. The molecule has 3 rings (SSSR count). The maximum absolute atomic E-state index is 13.6. The molecule has 0 aliphatic carbocycles. The quantitative estimate of drug-likeness (QED) is 0.907. The lowest BCUT2D eigenvalue weighted by Crippen LogP contribution is -2.43. The molecule has 2 amide bonds. The van der Waals surface area contributed by atoms with Crippen LogP contribution in [0.5, 0.6) is 5.75 Å². The van der Waals surface area contributed by atoms with E-state index in [0.29, 0.717) is 30.0 Å². The van der Waals surface area contributed by atoms with Crippen LogP contribution in [0.2, 0.25) is 0 Å². The van der Waals surface area contributed by atoms with Crippen molar-refractivity contribution >= 4 is 17.6 Å². The van der Waals surface area contributed by atoms with Crippen molar-refractivity contribution in [2.24, 2.45) is 11.7 Å². The SMILES string of the molecule is COc1cc(-c2cc(N3CCC(C(N)=O)CC3=O)ncn2)ccc1F. The smallest absolute Gasteiger partial charge is 0.228 e. The summed E-state index contributed by atoms with van der Waals surface area (Å²) in [5.74, 6) is -1.04. The van der Waals surface area contributed by atoms with Crippen LogP contribution in [0.25, 0.3) is 11.3 Å². The highest BCUT2D eigenvalue weighted by Gasteiger charge is 2.30. The second kappa shape index (κ2) is 6.84. The van der Waals surface area contributed by atoms with E-state index in [2.05, 4.69) is 9.97 Å². The summed E-state index contributed by atoms with van der Waals surface area (Å²) in [4.78, 5) is 33.4. The van der Waals surface area contributed by atoms with Crippen LogP contribution in [0.3, 0.4) is 0 Å². The van der Waals surface area contributed by atoms with Gasteiger partial charge in [-0.05, 0) is 24.6 Å². The van der Waals surface area contributed by atoms with Gasteiger partial charge < -0.3 is 10.5 Å². The van der Waals surface area contributed by atoms with E-state index < -0.39 is 17.6 Å². The van der Waals surface area contributed by atoms with Gasteiger partial charge in [-0.2, -0.15) is 0 Å². The number of ether oxygens (including phenoxy) is 1. The van der Waals surface area contributed by atoms with Crippen LogP contribution >= 0.6 is 0 Å². The molecule has 0 bridgehead atoms. The Morgan fingerprint density at radius 2 is 2.16 bits per heavy atom. The minimum atomic E-state index is -0.468. The van der Waals surface area contributed by atoms with Crippen LogP contribution in [0.15, 0.2) is 30.6 Å². The summed E-state index contributed by atoms with van der Waals surface area (Å²) >= 11 is 0. The van der Waals surface area contributed by atoms with Crippen molar-refractivity contribution in [3.05, 3.63) is 36.4 Å². The lowest BCUT2D eigenvalue weighted by molar-refractivity contribution is -0.128. The first-order chi connectivity index (χ1) is 12.0. The van der Waals surface area contributed by atoms with E-state index in [0.717, 1.165) is 0 Å². The van der Waals surface area contributed by atoms with Crippen LogP contribution in [0.4, 0.5) is 10.2 Å². The Morgan fingerprint density at radius 3 is 2.84 bits per heavy atom. The third-order valence-electron chi connectivity index (χ3n) is 4.20. The highest BCUT2D eigenvalue weighted by molar-refractivity contribution is 5.96. The number of anilines is 1. The number of nitrogens with zero attached hydrogens (tertiary/aromatic N) is 3. The fraction of sp³-hybridized carbons (Fsp3) is 0.294. The Balaban J connectivity index is 1.87. The van der Waals surface area contributed by atoms with Gasteiger partial charge in [0.1, 0.15) is 12.1 Å². The molecule has 1 atom stereocenters. The molecule has 0 saturated carbocycles. The number of carbonyl (C=O) groups excluding carboxylic acids is 2. The Kier molecular flexibility index (Phi) is 4.60. The van der Waals surface area contributed by atoms with E-state index in [1.165, 1.54) is 30.5 Å². The highest BCUT2D eigenvalue weighted by atomic mass is 19.1. The number of nitrogens with two attached hydrogens (primary N) is 1. The number of primary amides is 1. The van der Waals surface area contributed by atoms with Gasteiger partial charge in [0, 0.05) is 30.5 Å². The third kappa shape index (κ3) is 3.42. The summed E-state index contributed by atoms with van der Waals surface area (Å²) in [5, 5.41) is 0. The van der Waals surface area contributed by atoms with Crippen molar-refractivity contribution in [1.29, 1.82) is 0 Å². The Morgan fingerprint density at radius 1 is 1.36 bits per heavy atom. The number of amides is 2. The summed E-state index contributed by atoms with van der Waals surface area (Å²) in [6.45, 7) is 0.357. The van der Waals surface area contributed by atoms with Crippen LogP contribution in [-0.2, 0) is 9.59 Å². The second-order valence-corrected chi connectivity index (χ2v) is 5.75. The molecule has 0 radical (unpaired) electrons. The molecule has 8 heteroatoms. The standard InChI is InChI=1S/C17H17FN4O3/c1-25-14-6-10(2-3-12(14)18)13-8-15(21-9-20-13)22-5-4-11(17(19)24)7-16(22)23/h2-3,6,8-9,11H,4-5,7H2,1H3,(H2,19,24). The number of piperidine rings is 1. The van der Waals surface area contributed by atoms with Gasteiger partial charge in [0.05, 0.1) is 12.8 Å². The van der Waals surface area contributed by atoms with Crippen LogP contribution in [0, 0.1) is 11.7 Å². The number of carbonyl (C=O) groups is 2. The van der Waals surface area contributed by atoms with E-state index in [4.69, 9.17) is 10.5 Å². The number of halogens is 1. The Bertz CT molecular complexity index is 827. The van der Waals surface area contributed by atoms with Crippen molar-refractivity contribution in [3.63, 3.8) is 0 Å². The molecule has 1 aromatic heterocycles. The first-order valence-corrected chi connectivity index (χ1v) is 7.75. The van der Waals surface area contributed by atoms with Crippen LogP contribution < -0.4 is 15.4 Å². The first kappa shape index (κ1) is 16.8. The maximum atomic E-state index is 13.6. The average Bonchev–Trinajstić information content (AvgIpc) is 2.62. The third-order valence-corrected chi connectivity index (χ3v) is 4.20. The van der Waals surface area contributed by atoms with E-state index in [9.17, 15) is 14.0 Å². The average molecular weight is 344 g/mol. The normalized spacial score (nSPS) is 17.4. The van der Waals surface area contributed by atoms with Crippen LogP contribution in [-0.4, -0.2) is 35.4 Å². The number of methoxy groups -OCH3 is 1. The first-order valence-electron chi connectivity index (χ1n) is 7.75. The van der Waals surface area contributed by atoms with Gasteiger partial charge in [0.25, 0.3) is 0 Å². The van der Waals surface area contributed by atoms with Gasteiger partial charge in [0.2, 0.25) is 11.8 Å². The van der Waals surface area contributed by atoms with E-state index in [-0.39, 0.29) is 18.1 Å². The zero-order valence-electron chi connectivity index (χ0n) is 13.6. The summed E-state index contributed by atoms with van der Waals surface area (Å²) < 4.78 is 18.5. The molecule has 130 valence electrons. The Labute approximate surface area is 143 Å². The van der Waals surface area contributed by atoms with Gasteiger partial charge in [-0.15, -0.1) is 0 Å². The number of hydrogen-bond donors (Lipinski definition) is 1. The molecule has 1 aromatic carbocycles. The number of aromatic nitrogens is 2. The summed E-state index contributed by atoms with van der Waals surface area (Å²) in [6, 6.07) is 6.04. The minimum Gasteiger partial charge on any atom is -0.494 e. The van der Waals surface area contributed by atoms with Crippen molar-refractivity contribution in [2.75, 3.05) is 18.6 Å². The monoisotopic (exact) mass is 344 g/mol. The van der Waals surface area contributed by atoms with Gasteiger partial charge in [0.15, 0.2) is 11.6 Å². The number of benzene rings is 1. The van der Waals surface area contributed by atoms with E-state index in [1.807, 2.05) is 0 Å². The molecule has 2 aromatic rings. The van der Waals surface area contributed by atoms with Gasteiger partial charge >= 0.3 is 0 Å². The molecule has 2 N–H and O–H groups in total. The Hall–Kier alpha value is -3.03. The fourth-order valence-electron chi connectivity index (χ4n) is 2.79. The summed E-state index contributed by atoms with van der Waals surface area (Å²) in [5.41, 5.74) is 6.45. The number of rotatable bonds is 4. The van der Waals surface area contributed by atoms with Gasteiger partial charge in [-0.25, -0.2) is 14.4 Å². The molecule has 0 spiro atoms. The predicted octanol–water partition coefficient (Wildman–Crippen LogP) is 1.52. The molecule has 1 aliphatic heterocycles. The molecule has 25 heavy (non-hydrogen) atoms. The lowest BCUT2D eigenvalue weighted by atomic mass is 9.95. The highest BCUT2D eigenvalue weighted by Crippen LogP contribution is 2.28. The lowest BCUT2D eigenvalue weighted by Gasteiger charge is -2.29. The molecule has 1 fully saturated rings. The summed E-state index contributed by atoms with van der Waals surface area (Å²) in [6.07, 6.45) is 1.90. The molecule has 1 unspecified atom stereocenters. The number of hydrogen-bond acceptors (Lipinski definition) is 5. The van der Waals surface area contributed by atoms with Crippen molar-refractivity contribution in [1.82, 2.24) is 9.97 Å². The van der Waals surface area contributed by atoms with Gasteiger partial charge in [-0.1, -0.05) is 0 Å². The van der Waals surface area contributed by atoms with Crippen LogP contribution in [0.1, 0.15) is 12.8 Å². The molecule has 7 nitrogen and oxygen atoms in total. The molecule has 1 aliphatic rings. The topological polar surface area (TPSA) is 98.4 Å². The summed E-state index contributed by atoms with van der Waals surface area (Å²) in [7, 11) is 1.38. The van der Waals surface area contributed by atoms with Crippen molar-refractivity contribution in [3.8, 4) is 17.0 Å². The predicted molar refractivity (Wildman–Crippen MR) is 88.2 cm³/mol. The second-order valence-electron chi connectivity index (χ2n) is 5.75. The largest absolute Gasteiger partial charge is 0.494 e. The minimum absolute atomic E-state index is 0.0685. The van der Waals surface area contributed by atoms with Crippen molar-refractivity contribution in [2.45, 2.75) is 12.8 Å². The fourth-order valence-corrected chi connectivity index (χ4v) is 2.79. The van der Waals surface area contributed by atoms with E-state index >= 15 is 0 Å². The van der Waals surface area contributed by atoms with Gasteiger partial charge in [-0.3, -0.25) is 14.5 Å². The maximum Gasteiger partial charge on any atom is 0.228 e. The van der Waals surface area contributed by atoms with Crippen molar-refractivity contribution < 1.29 is 18.7 Å². The molecular formula is C17H17FN4O3.